The summed E-state index contributed by atoms with van der Waals surface area (Å²) in [5, 5.41) is 11.6. The molecule has 0 unspecified atom stereocenters. The summed E-state index contributed by atoms with van der Waals surface area (Å²) < 4.78 is 6.30. The third kappa shape index (κ3) is 3.52. The third-order valence-corrected chi connectivity index (χ3v) is 6.83. The zero-order valence-corrected chi connectivity index (χ0v) is 19.6. The van der Waals surface area contributed by atoms with Crippen LogP contribution in [-0.2, 0) is 9.59 Å². The smallest absolute Gasteiger partial charge is 0.301 e. The molecule has 1 saturated heterocycles. The Morgan fingerprint density at radius 3 is 2.59 bits per heavy atom. The number of aliphatic hydroxyl groups excluding tert-OH is 1. The Bertz CT molecular complexity index is 1480. The molecule has 1 atom stereocenters. The molecule has 0 aliphatic carbocycles. The van der Waals surface area contributed by atoms with Gasteiger partial charge in [-0.3, -0.25) is 19.5 Å². The highest BCUT2D eigenvalue weighted by Gasteiger charge is 2.48. The van der Waals surface area contributed by atoms with Crippen molar-refractivity contribution in [3.63, 3.8) is 0 Å². The lowest BCUT2D eigenvalue weighted by atomic mass is 9.95. The third-order valence-electron chi connectivity index (χ3n) is 5.83. The molecule has 34 heavy (non-hydrogen) atoms. The number of aromatic nitrogens is 2. The monoisotopic (exact) mass is 471 g/mol. The zero-order valence-electron chi connectivity index (χ0n) is 18.8. The Morgan fingerprint density at radius 2 is 1.85 bits per heavy atom. The van der Waals surface area contributed by atoms with Gasteiger partial charge in [0, 0.05) is 18.0 Å². The van der Waals surface area contributed by atoms with Crippen LogP contribution in [0.3, 0.4) is 0 Å². The van der Waals surface area contributed by atoms with Crippen molar-refractivity contribution in [1.29, 1.82) is 0 Å². The molecule has 1 aliphatic rings. The number of methoxy groups -OCH3 is 1. The van der Waals surface area contributed by atoms with Crippen molar-refractivity contribution in [2.75, 3.05) is 12.0 Å². The summed E-state index contributed by atoms with van der Waals surface area (Å²) >= 11 is 1.34. The molecule has 3 heterocycles. The van der Waals surface area contributed by atoms with Gasteiger partial charge in [0.05, 0.1) is 28.9 Å². The van der Waals surface area contributed by atoms with Gasteiger partial charge in [0.15, 0.2) is 5.13 Å². The fourth-order valence-electron chi connectivity index (χ4n) is 4.28. The Morgan fingerprint density at radius 1 is 1.09 bits per heavy atom. The van der Waals surface area contributed by atoms with Gasteiger partial charge in [0.2, 0.25) is 0 Å². The lowest BCUT2D eigenvalue weighted by molar-refractivity contribution is -0.132. The van der Waals surface area contributed by atoms with Crippen LogP contribution >= 0.6 is 11.3 Å². The molecular weight excluding hydrogens is 450 g/mol. The maximum Gasteiger partial charge on any atom is 0.301 e. The highest BCUT2D eigenvalue weighted by atomic mass is 32.1. The lowest BCUT2D eigenvalue weighted by Crippen LogP contribution is -2.29. The second-order valence-corrected chi connectivity index (χ2v) is 9.12. The molecule has 1 amide bonds. The predicted octanol–water partition coefficient (Wildman–Crippen LogP) is 4.94. The lowest BCUT2D eigenvalue weighted by Gasteiger charge is -2.23. The molecular formula is C26H21N3O4S. The first-order valence-electron chi connectivity index (χ1n) is 10.6. The number of fused-ring (bicyclic) bond motifs is 1. The van der Waals surface area contributed by atoms with E-state index < -0.39 is 17.7 Å². The molecule has 0 radical (unpaired) electrons. The average molecular weight is 472 g/mol. The van der Waals surface area contributed by atoms with Crippen molar-refractivity contribution in [1.82, 2.24) is 9.97 Å². The molecule has 7 nitrogen and oxygen atoms in total. The Labute approximate surface area is 200 Å². The quantitative estimate of drug-likeness (QED) is 0.257. The van der Waals surface area contributed by atoms with Crippen LogP contribution in [0.4, 0.5) is 5.13 Å². The number of Topliss-reactive ketones (excluding diaryl/α,β-unsaturated/α-hetero) is 1. The van der Waals surface area contributed by atoms with Crippen molar-refractivity contribution < 1.29 is 19.4 Å². The van der Waals surface area contributed by atoms with E-state index in [1.807, 2.05) is 26.0 Å². The number of hydrogen-bond acceptors (Lipinski definition) is 7. The maximum absolute atomic E-state index is 13.4. The minimum absolute atomic E-state index is 0.00314. The number of anilines is 1. The molecule has 2 aromatic carbocycles. The van der Waals surface area contributed by atoms with E-state index in [9.17, 15) is 14.7 Å². The maximum atomic E-state index is 13.4. The summed E-state index contributed by atoms with van der Waals surface area (Å²) in [7, 11) is 1.55. The molecule has 4 aromatic rings. The Hall–Kier alpha value is -4.04. The molecule has 170 valence electrons. The van der Waals surface area contributed by atoms with Crippen LogP contribution in [0.15, 0.2) is 66.5 Å². The van der Waals surface area contributed by atoms with Crippen LogP contribution in [0, 0.1) is 13.8 Å². The Balaban J connectivity index is 1.76. The molecule has 8 heteroatoms. The van der Waals surface area contributed by atoms with Crippen molar-refractivity contribution in [3.05, 3.63) is 88.8 Å². The van der Waals surface area contributed by atoms with Gasteiger partial charge >= 0.3 is 5.91 Å². The zero-order chi connectivity index (χ0) is 24.0. The van der Waals surface area contributed by atoms with Crippen molar-refractivity contribution in [2.45, 2.75) is 19.9 Å². The summed E-state index contributed by atoms with van der Waals surface area (Å²) in [4.78, 5) is 36.8. The van der Waals surface area contributed by atoms with Gasteiger partial charge in [-0.15, -0.1) is 0 Å². The number of hydrogen-bond donors (Lipinski definition) is 1. The first-order chi connectivity index (χ1) is 16.4. The second kappa shape index (κ2) is 8.39. The first kappa shape index (κ1) is 21.8. The van der Waals surface area contributed by atoms with Crippen LogP contribution in [0.25, 0.3) is 16.0 Å². The molecule has 0 bridgehead atoms. The van der Waals surface area contributed by atoms with Gasteiger partial charge in [-0.25, -0.2) is 4.98 Å². The average Bonchev–Trinajstić information content (AvgIpc) is 3.38. The molecule has 1 aliphatic heterocycles. The van der Waals surface area contributed by atoms with Gasteiger partial charge in [-0.05, 0) is 60.9 Å². The number of aryl methyl sites for hydroxylation is 2. The number of carbonyl (C=O) groups is 2. The van der Waals surface area contributed by atoms with Crippen LogP contribution in [0.5, 0.6) is 5.75 Å². The number of ketones is 1. The Kier molecular flexibility index (Phi) is 5.37. The highest BCUT2D eigenvalue weighted by molar-refractivity contribution is 7.22. The number of benzene rings is 2. The van der Waals surface area contributed by atoms with Crippen molar-refractivity contribution in [3.8, 4) is 5.75 Å². The topological polar surface area (TPSA) is 92.6 Å². The van der Waals surface area contributed by atoms with Crippen LogP contribution < -0.4 is 9.64 Å². The normalized spacial score (nSPS) is 17.5. The number of nitrogens with zero attached hydrogens (tertiary/aromatic N) is 3. The van der Waals surface area contributed by atoms with E-state index in [4.69, 9.17) is 9.72 Å². The number of carbonyl (C=O) groups excluding carboxylic acids is 2. The molecule has 0 spiro atoms. The van der Waals surface area contributed by atoms with E-state index in [0.29, 0.717) is 22.0 Å². The predicted molar refractivity (Wildman–Crippen MR) is 131 cm³/mol. The molecule has 2 aromatic heterocycles. The fourth-order valence-corrected chi connectivity index (χ4v) is 5.45. The number of pyridine rings is 1. The minimum Gasteiger partial charge on any atom is -0.507 e. The van der Waals surface area contributed by atoms with Crippen molar-refractivity contribution >= 4 is 44.1 Å². The largest absolute Gasteiger partial charge is 0.507 e. The van der Waals surface area contributed by atoms with Gasteiger partial charge in [-0.1, -0.05) is 29.5 Å². The SMILES string of the molecule is COc1cccc([C@H]2C(=C(O)c3ccncc3)C(=O)C(=O)N2c2nc3c(C)cc(C)cc3s2)c1. The number of amides is 1. The second-order valence-electron chi connectivity index (χ2n) is 8.11. The molecule has 1 N–H and O–H groups in total. The number of rotatable bonds is 4. The van der Waals surface area contributed by atoms with Crippen LogP contribution in [0.2, 0.25) is 0 Å². The highest BCUT2D eigenvalue weighted by Crippen LogP contribution is 2.45. The van der Waals surface area contributed by atoms with Gasteiger partial charge in [-0.2, -0.15) is 0 Å². The summed E-state index contributed by atoms with van der Waals surface area (Å²) in [5.41, 5.74) is 3.88. The fraction of sp³-hybridized carbons (Fsp3) is 0.154. The van der Waals surface area contributed by atoms with E-state index in [1.165, 1.54) is 28.6 Å². The van der Waals surface area contributed by atoms with Crippen molar-refractivity contribution in [2.24, 2.45) is 0 Å². The van der Waals surface area contributed by atoms with Crippen LogP contribution in [-0.4, -0.2) is 33.9 Å². The van der Waals surface area contributed by atoms with Gasteiger partial charge in [0.1, 0.15) is 11.5 Å². The summed E-state index contributed by atoms with van der Waals surface area (Å²) in [6, 6.07) is 13.5. The molecule has 1 fully saturated rings. The van der Waals surface area contributed by atoms with Gasteiger partial charge < -0.3 is 9.84 Å². The first-order valence-corrected chi connectivity index (χ1v) is 11.4. The van der Waals surface area contributed by atoms with E-state index >= 15 is 0 Å². The molecule has 5 rings (SSSR count). The summed E-state index contributed by atoms with van der Waals surface area (Å²) in [6.07, 6.45) is 3.04. The van der Waals surface area contributed by atoms with E-state index in [2.05, 4.69) is 4.98 Å². The molecule has 0 saturated carbocycles. The van der Waals surface area contributed by atoms with E-state index in [-0.39, 0.29) is 11.3 Å². The van der Waals surface area contributed by atoms with E-state index in [0.717, 1.165) is 21.3 Å². The number of aliphatic hydroxyl groups is 1. The number of ether oxygens (including phenoxy) is 1. The van der Waals surface area contributed by atoms with E-state index in [1.54, 1.807) is 43.5 Å². The summed E-state index contributed by atoms with van der Waals surface area (Å²) in [5.74, 6) is -1.20. The number of thiazole rings is 1. The van der Waals surface area contributed by atoms with Crippen LogP contribution in [0.1, 0.15) is 28.3 Å². The summed E-state index contributed by atoms with van der Waals surface area (Å²) in [6.45, 7) is 3.97. The van der Waals surface area contributed by atoms with Gasteiger partial charge in [0.25, 0.3) is 5.78 Å². The minimum atomic E-state index is -0.870. The standard InChI is InChI=1S/C26H21N3O4S/c1-14-11-15(2)21-19(12-14)34-26(28-21)29-22(17-5-4-6-18(13-17)33-3)20(24(31)25(29)32)23(30)16-7-9-27-10-8-16/h4-13,22,30H,1-3H3/t22-/m0/s1.